The summed E-state index contributed by atoms with van der Waals surface area (Å²) in [6, 6.07) is 0. The molecule has 2 aromatic heterocycles. The first kappa shape index (κ1) is 13.7. The Hall–Kier alpha value is -1.95. The van der Waals surface area contributed by atoms with Crippen LogP contribution in [0.5, 0.6) is 0 Å². The molecule has 0 aromatic carbocycles. The average Bonchev–Trinajstić information content (AvgIpc) is 3.00. The summed E-state index contributed by atoms with van der Waals surface area (Å²) in [6.07, 6.45) is 10.00. The summed E-state index contributed by atoms with van der Waals surface area (Å²) >= 11 is 0. The number of hydrogen-bond acceptors (Lipinski definition) is 6. The molecule has 6 heteroatoms. The van der Waals surface area contributed by atoms with E-state index in [1.54, 1.807) is 12.4 Å². The van der Waals surface area contributed by atoms with Crippen molar-refractivity contribution in [3.05, 3.63) is 35.6 Å². The maximum atomic E-state index is 5.51. The SMILES string of the molecule is c1cnc(N2CCN(Cc3noc4c3CCCC4)CC2)cn1. The fourth-order valence-electron chi connectivity index (χ4n) is 3.37. The zero-order valence-electron chi connectivity index (χ0n) is 12.7. The smallest absolute Gasteiger partial charge is 0.147 e. The van der Waals surface area contributed by atoms with E-state index in [1.807, 2.05) is 6.20 Å². The van der Waals surface area contributed by atoms with E-state index in [0.29, 0.717) is 0 Å². The zero-order valence-corrected chi connectivity index (χ0v) is 12.7. The van der Waals surface area contributed by atoms with Crippen molar-refractivity contribution in [2.75, 3.05) is 31.1 Å². The Balaban J connectivity index is 1.37. The summed E-state index contributed by atoms with van der Waals surface area (Å²) < 4.78 is 5.51. The van der Waals surface area contributed by atoms with Crippen LogP contribution in [0.15, 0.2) is 23.1 Å². The van der Waals surface area contributed by atoms with Gasteiger partial charge in [0.25, 0.3) is 0 Å². The van der Waals surface area contributed by atoms with Crippen molar-refractivity contribution in [1.82, 2.24) is 20.0 Å². The third kappa shape index (κ3) is 2.70. The Kier molecular flexibility index (Phi) is 3.76. The van der Waals surface area contributed by atoms with Crippen molar-refractivity contribution < 1.29 is 4.52 Å². The Labute approximate surface area is 130 Å². The van der Waals surface area contributed by atoms with Gasteiger partial charge in [-0.3, -0.25) is 9.88 Å². The molecule has 2 aliphatic rings. The molecule has 1 aliphatic carbocycles. The molecule has 0 saturated carbocycles. The number of anilines is 1. The Bertz CT molecular complexity index is 619. The lowest BCUT2D eigenvalue weighted by atomic mass is 9.96. The van der Waals surface area contributed by atoms with E-state index in [0.717, 1.165) is 62.8 Å². The Morgan fingerprint density at radius 3 is 2.73 bits per heavy atom. The highest BCUT2D eigenvalue weighted by molar-refractivity contribution is 5.35. The molecule has 1 fully saturated rings. The molecule has 0 unspecified atom stereocenters. The third-order valence-electron chi connectivity index (χ3n) is 4.65. The van der Waals surface area contributed by atoms with E-state index < -0.39 is 0 Å². The highest BCUT2D eigenvalue weighted by Gasteiger charge is 2.23. The highest BCUT2D eigenvalue weighted by atomic mass is 16.5. The summed E-state index contributed by atoms with van der Waals surface area (Å²) in [5.74, 6) is 2.10. The second kappa shape index (κ2) is 6.04. The summed E-state index contributed by atoms with van der Waals surface area (Å²) in [5, 5.41) is 4.32. The molecule has 0 bridgehead atoms. The van der Waals surface area contributed by atoms with Crippen LogP contribution in [0, 0.1) is 0 Å². The Morgan fingerprint density at radius 2 is 1.91 bits per heavy atom. The average molecular weight is 299 g/mol. The van der Waals surface area contributed by atoms with Gasteiger partial charge in [-0.25, -0.2) is 4.98 Å². The van der Waals surface area contributed by atoms with Crippen molar-refractivity contribution >= 4 is 5.82 Å². The quantitative estimate of drug-likeness (QED) is 0.859. The van der Waals surface area contributed by atoms with Crippen LogP contribution in [0.1, 0.15) is 29.9 Å². The van der Waals surface area contributed by atoms with Crippen molar-refractivity contribution in [2.45, 2.75) is 32.2 Å². The fourth-order valence-corrected chi connectivity index (χ4v) is 3.37. The molecule has 22 heavy (non-hydrogen) atoms. The highest BCUT2D eigenvalue weighted by Crippen LogP contribution is 2.25. The number of aryl methyl sites for hydroxylation is 1. The molecule has 0 atom stereocenters. The van der Waals surface area contributed by atoms with Crippen LogP contribution >= 0.6 is 0 Å². The first-order chi connectivity index (χ1) is 10.9. The van der Waals surface area contributed by atoms with Crippen LogP contribution in [0.2, 0.25) is 0 Å². The molecule has 2 aromatic rings. The minimum Gasteiger partial charge on any atom is -0.361 e. The standard InChI is InChI=1S/C16H21N5O/c1-2-4-15-13(3-1)14(19-22-15)12-20-7-9-21(10-8-20)16-11-17-5-6-18-16/h5-6,11H,1-4,7-10,12H2. The van der Waals surface area contributed by atoms with Crippen LogP contribution in [0.4, 0.5) is 5.82 Å². The van der Waals surface area contributed by atoms with Crippen LogP contribution in [0.3, 0.4) is 0 Å². The fraction of sp³-hybridized carbons (Fsp3) is 0.562. The van der Waals surface area contributed by atoms with Gasteiger partial charge in [0.2, 0.25) is 0 Å². The second-order valence-corrected chi connectivity index (χ2v) is 6.06. The van der Waals surface area contributed by atoms with Gasteiger partial charge in [-0.05, 0) is 19.3 Å². The minimum absolute atomic E-state index is 0.910. The molecule has 4 rings (SSSR count). The van der Waals surface area contributed by atoms with E-state index in [-0.39, 0.29) is 0 Å². The first-order valence-electron chi connectivity index (χ1n) is 8.10. The number of piperazine rings is 1. The van der Waals surface area contributed by atoms with Crippen molar-refractivity contribution in [3.63, 3.8) is 0 Å². The van der Waals surface area contributed by atoms with Crippen LogP contribution in [-0.2, 0) is 19.4 Å². The number of aromatic nitrogens is 3. The van der Waals surface area contributed by atoms with Crippen molar-refractivity contribution in [2.24, 2.45) is 0 Å². The predicted octanol–water partition coefficient (Wildman–Crippen LogP) is 1.67. The van der Waals surface area contributed by atoms with Gasteiger partial charge in [-0.15, -0.1) is 0 Å². The lowest BCUT2D eigenvalue weighted by molar-refractivity contribution is 0.241. The normalized spacial score (nSPS) is 19.2. The number of nitrogens with zero attached hydrogens (tertiary/aromatic N) is 5. The predicted molar refractivity (Wildman–Crippen MR) is 82.7 cm³/mol. The van der Waals surface area contributed by atoms with Crippen LogP contribution in [-0.4, -0.2) is 46.2 Å². The molecule has 0 spiro atoms. The van der Waals surface area contributed by atoms with Crippen molar-refractivity contribution in [3.8, 4) is 0 Å². The van der Waals surface area contributed by atoms with Gasteiger partial charge in [0.05, 0.1) is 6.20 Å². The number of rotatable bonds is 3. The maximum Gasteiger partial charge on any atom is 0.147 e. The molecule has 6 nitrogen and oxygen atoms in total. The van der Waals surface area contributed by atoms with Gasteiger partial charge in [0.1, 0.15) is 17.3 Å². The van der Waals surface area contributed by atoms with Gasteiger partial charge in [0, 0.05) is 57.1 Å². The lowest BCUT2D eigenvalue weighted by Gasteiger charge is -2.34. The maximum absolute atomic E-state index is 5.51. The lowest BCUT2D eigenvalue weighted by Crippen LogP contribution is -2.46. The first-order valence-corrected chi connectivity index (χ1v) is 8.10. The topological polar surface area (TPSA) is 58.3 Å². The molecule has 0 amide bonds. The van der Waals surface area contributed by atoms with Gasteiger partial charge in [-0.2, -0.15) is 0 Å². The van der Waals surface area contributed by atoms with Crippen LogP contribution in [0.25, 0.3) is 0 Å². The summed E-state index contributed by atoms with van der Waals surface area (Å²) in [7, 11) is 0. The largest absolute Gasteiger partial charge is 0.361 e. The number of hydrogen-bond donors (Lipinski definition) is 0. The molecular formula is C16H21N5O. The summed E-state index contributed by atoms with van der Waals surface area (Å²) in [5.41, 5.74) is 2.53. The van der Waals surface area contributed by atoms with Gasteiger partial charge >= 0.3 is 0 Å². The third-order valence-corrected chi connectivity index (χ3v) is 4.65. The van der Waals surface area contributed by atoms with E-state index >= 15 is 0 Å². The zero-order chi connectivity index (χ0) is 14.8. The van der Waals surface area contributed by atoms with E-state index in [2.05, 4.69) is 24.9 Å². The van der Waals surface area contributed by atoms with E-state index in [4.69, 9.17) is 4.52 Å². The molecule has 3 heterocycles. The molecule has 116 valence electrons. The monoisotopic (exact) mass is 299 g/mol. The Morgan fingerprint density at radius 1 is 1.05 bits per heavy atom. The van der Waals surface area contributed by atoms with E-state index in [1.165, 1.54) is 18.4 Å². The van der Waals surface area contributed by atoms with Crippen molar-refractivity contribution in [1.29, 1.82) is 0 Å². The summed E-state index contributed by atoms with van der Waals surface area (Å²) in [4.78, 5) is 13.3. The van der Waals surface area contributed by atoms with Gasteiger partial charge < -0.3 is 9.42 Å². The summed E-state index contributed by atoms with van der Waals surface area (Å²) in [6.45, 7) is 4.93. The second-order valence-electron chi connectivity index (χ2n) is 6.06. The van der Waals surface area contributed by atoms with Crippen LogP contribution < -0.4 is 4.90 Å². The van der Waals surface area contributed by atoms with Gasteiger partial charge in [0.15, 0.2) is 0 Å². The minimum atomic E-state index is 0.910. The molecule has 1 aliphatic heterocycles. The van der Waals surface area contributed by atoms with E-state index in [9.17, 15) is 0 Å². The number of fused-ring (bicyclic) bond motifs is 1. The molecule has 0 N–H and O–H groups in total. The molecule has 1 saturated heterocycles. The van der Waals surface area contributed by atoms with Gasteiger partial charge in [-0.1, -0.05) is 5.16 Å². The molecular weight excluding hydrogens is 278 g/mol. The molecule has 0 radical (unpaired) electrons.